The summed E-state index contributed by atoms with van der Waals surface area (Å²) in [6.07, 6.45) is 9.63. The first-order valence-corrected chi connectivity index (χ1v) is 47.2. The second-order valence-electron chi connectivity index (χ2n) is 19.7. The summed E-state index contributed by atoms with van der Waals surface area (Å²) < 4.78 is 0.781. The molecule has 0 atom stereocenters. The molecule has 0 unspecified atom stereocenters. The molecular weight excluding hydrogens is 750 g/mol. The molecule has 1 aromatic carbocycles. The van der Waals surface area contributed by atoms with Gasteiger partial charge in [-0.25, -0.2) is 0 Å². The summed E-state index contributed by atoms with van der Waals surface area (Å²) in [5.74, 6) is 0. The Kier molecular flexibility index (Phi) is 11.7. The van der Waals surface area contributed by atoms with Gasteiger partial charge in [-0.3, -0.25) is 0 Å². The van der Waals surface area contributed by atoms with Crippen molar-refractivity contribution in [3.8, 4) is 0 Å². The fraction of sp³-hybridized carbons (Fsp3) is 0.688. The summed E-state index contributed by atoms with van der Waals surface area (Å²) in [6, 6.07) is 5.81. The van der Waals surface area contributed by atoms with E-state index in [1.54, 1.807) is 5.56 Å². The van der Waals surface area contributed by atoms with Crippen molar-refractivity contribution in [2.75, 3.05) is 0 Å². The summed E-state index contributed by atoms with van der Waals surface area (Å²) in [5, 5.41) is 3.05. The van der Waals surface area contributed by atoms with Crippen molar-refractivity contribution in [2.24, 2.45) is 0 Å². The molecule has 1 heterocycles. The van der Waals surface area contributed by atoms with Gasteiger partial charge >= 0.3 is 284 Å². The molecule has 0 radical (unpaired) electrons. The van der Waals surface area contributed by atoms with Crippen LogP contribution in [0.25, 0.3) is 0 Å². The summed E-state index contributed by atoms with van der Waals surface area (Å²) in [5.41, 5.74) is 7.38. The normalized spacial score (nSPS) is 18.3. The van der Waals surface area contributed by atoms with Crippen LogP contribution in [0.5, 0.6) is 0 Å². The van der Waals surface area contributed by atoms with Crippen LogP contribution in [0.1, 0.15) is 32.2 Å². The minimum absolute atomic E-state index is 0.664. The van der Waals surface area contributed by atoms with Gasteiger partial charge in [-0.2, -0.15) is 0 Å². The zero-order valence-electron chi connectivity index (χ0n) is 30.6. The van der Waals surface area contributed by atoms with Gasteiger partial charge in [-0.1, -0.05) is 0 Å². The Morgan fingerprint density at radius 1 is 0.524 bits per heavy atom. The zero-order chi connectivity index (χ0) is 32.4. The van der Waals surface area contributed by atoms with Crippen molar-refractivity contribution in [1.29, 1.82) is 0 Å². The summed E-state index contributed by atoms with van der Waals surface area (Å²) in [7, 11) is -3.88. The van der Waals surface area contributed by atoms with Gasteiger partial charge < -0.3 is 0 Å². The quantitative estimate of drug-likeness (QED) is 0.204. The van der Waals surface area contributed by atoms with Gasteiger partial charge in [0.15, 0.2) is 0 Å². The number of hydrogen-bond donors (Lipinski definition) is 0. The van der Waals surface area contributed by atoms with Crippen molar-refractivity contribution < 1.29 is 0 Å². The van der Waals surface area contributed by atoms with Crippen molar-refractivity contribution in [3.05, 3.63) is 53.1 Å². The fourth-order valence-corrected chi connectivity index (χ4v) is 65.3. The van der Waals surface area contributed by atoms with Crippen LogP contribution in [0.2, 0.25) is 122 Å². The maximum absolute atomic E-state index is 2.91. The Bertz CT molecular complexity index is 1080. The molecule has 1 aliphatic heterocycles. The molecule has 0 N–H and O–H groups in total. The molecule has 1 aromatic rings. The molecule has 0 spiro atoms. The van der Waals surface area contributed by atoms with E-state index in [-0.39, 0.29) is 0 Å². The molecule has 0 amide bonds. The van der Waals surface area contributed by atoms with Gasteiger partial charge in [0.05, 0.1) is 0 Å². The number of benzene rings is 1. The Labute approximate surface area is 281 Å². The third-order valence-electron chi connectivity index (χ3n) is 9.02. The average molecular weight is 814 g/mol. The molecular formula is C32H64BS2SbSi6. The molecule has 0 nitrogen and oxygen atoms in total. The van der Waals surface area contributed by atoms with E-state index < -0.39 is 65.9 Å². The van der Waals surface area contributed by atoms with Gasteiger partial charge in [0.1, 0.15) is 0 Å². The summed E-state index contributed by atoms with van der Waals surface area (Å²) in [6.45, 7) is 48.4. The second-order valence-corrected chi connectivity index (χ2v) is 68.7. The van der Waals surface area contributed by atoms with E-state index in [1.165, 1.54) is 0 Å². The van der Waals surface area contributed by atoms with Crippen LogP contribution in [0.15, 0.2) is 36.4 Å². The van der Waals surface area contributed by atoms with Gasteiger partial charge in [-0.05, 0) is 0 Å². The van der Waals surface area contributed by atoms with Crippen LogP contribution in [0.4, 0.5) is 0 Å². The second kappa shape index (κ2) is 12.9. The number of rotatable bonds is 11. The first kappa shape index (κ1) is 38.0. The van der Waals surface area contributed by atoms with E-state index in [4.69, 9.17) is 0 Å². The standard InChI is InChI=1S/C27H59BS2Si6.C5H5.Sb/c1-31(2,3)25(32(4,5)6)21-19-22(26(33(7,8)9)34(10,11)12)24(28(29)30)23(20-21)27(35(13,14)15)36(16,17)18;1-2-4-5-3-1;/h19-20,25-27H,1-18H3;1-5H;/q-2;;+2. The van der Waals surface area contributed by atoms with E-state index in [0.29, 0.717) is 5.27 Å². The van der Waals surface area contributed by atoms with Crippen LogP contribution < -0.4 is 5.46 Å². The van der Waals surface area contributed by atoms with Crippen molar-refractivity contribution >= 4 is 94.0 Å². The van der Waals surface area contributed by atoms with Crippen LogP contribution in [0, 0.1) is 0 Å². The van der Waals surface area contributed by atoms with Crippen LogP contribution in [-0.4, -0.2) is 71.1 Å². The van der Waals surface area contributed by atoms with Gasteiger partial charge in [0.2, 0.25) is 0 Å². The zero-order valence-corrected chi connectivity index (χ0v) is 40.8. The Balaban J connectivity index is 2.49. The molecule has 1 saturated heterocycles. The molecule has 42 heavy (non-hydrogen) atoms. The molecule has 2 aliphatic rings. The SMILES string of the molecule is C[Si](C)(C)C(c1cc(C([Si](C)(C)C)[Si](C)(C)C)c(B2[S][Sb]([CH]3C=CC=C3)[S]2)c(C([Si](C)(C)C)[Si](C)(C)C)c1)[Si](C)(C)C. The van der Waals surface area contributed by atoms with Crippen molar-refractivity contribution in [1.82, 2.24) is 0 Å². The monoisotopic (exact) mass is 812 g/mol. The fourth-order valence-electron chi connectivity index (χ4n) is 9.41. The first-order chi connectivity index (χ1) is 18.6. The van der Waals surface area contributed by atoms with E-state index in [9.17, 15) is 0 Å². The molecule has 0 bridgehead atoms. The van der Waals surface area contributed by atoms with Crippen LogP contribution >= 0.6 is 17.4 Å². The molecule has 1 fully saturated rings. The summed E-state index contributed by atoms with van der Waals surface area (Å²) >= 11 is -1.43. The van der Waals surface area contributed by atoms with E-state index in [0.717, 1.165) is 19.4 Å². The number of hydrogen-bond acceptors (Lipinski definition) is 2. The Hall–Kier alpha value is 1.58. The topological polar surface area (TPSA) is 0 Å². The molecule has 3 rings (SSSR count). The van der Waals surface area contributed by atoms with Crippen molar-refractivity contribution in [3.63, 3.8) is 0 Å². The van der Waals surface area contributed by atoms with Gasteiger partial charge in [0.25, 0.3) is 0 Å². The predicted molar refractivity (Wildman–Crippen MR) is 223 cm³/mol. The van der Waals surface area contributed by atoms with Gasteiger partial charge in [0, 0.05) is 0 Å². The molecule has 0 aromatic heterocycles. The maximum atomic E-state index is 2.91. The van der Waals surface area contributed by atoms with Crippen molar-refractivity contribution in [2.45, 2.75) is 137 Å². The molecule has 236 valence electrons. The van der Waals surface area contributed by atoms with E-state index in [1.807, 2.05) is 16.6 Å². The first-order valence-electron chi connectivity index (χ1n) is 16.3. The van der Waals surface area contributed by atoms with E-state index in [2.05, 4.69) is 172 Å². The summed E-state index contributed by atoms with van der Waals surface area (Å²) in [4.78, 5) is 0. The molecule has 10 heteroatoms. The van der Waals surface area contributed by atoms with E-state index >= 15 is 0 Å². The number of allylic oxidation sites excluding steroid dienone is 4. The Morgan fingerprint density at radius 2 is 0.833 bits per heavy atom. The average Bonchev–Trinajstić information content (AvgIpc) is 3.15. The third kappa shape index (κ3) is 8.73. The Morgan fingerprint density at radius 3 is 1.12 bits per heavy atom. The minimum atomic E-state index is -1.49. The molecule has 1 aliphatic carbocycles. The molecule has 0 saturated carbocycles. The third-order valence-corrected chi connectivity index (χ3v) is 57.6. The van der Waals surface area contributed by atoms with Crippen LogP contribution in [-0.2, 0) is 0 Å². The van der Waals surface area contributed by atoms with Crippen LogP contribution in [0.3, 0.4) is 0 Å². The predicted octanol–water partition coefficient (Wildman–Crippen LogP) is 11.4. The van der Waals surface area contributed by atoms with Gasteiger partial charge in [-0.15, -0.1) is 0 Å².